The molecule has 3 rings (SSSR count). The number of nitrogens with one attached hydrogen (secondary N) is 1. The molecule has 0 amide bonds. The Hall–Kier alpha value is -2.99. The van der Waals surface area contributed by atoms with Crippen LogP contribution in [0.4, 0.5) is 4.39 Å². The summed E-state index contributed by atoms with van der Waals surface area (Å²) in [6.07, 6.45) is 5.21. The minimum Gasteiger partial charge on any atom is -0.867 e. The molecular formula is C23H23FN2O2S. The number of hydrogen-bond acceptors (Lipinski definition) is 3. The van der Waals surface area contributed by atoms with E-state index in [1.807, 2.05) is 30.6 Å². The Morgan fingerprint density at radius 1 is 1.10 bits per heavy atom. The first-order chi connectivity index (χ1) is 13.8. The molecule has 0 spiro atoms. The first-order valence-electron chi connectivity index (χ1n) is 9.25. The van der Waals surface area contributed by atoms with Gasteiger partial charge in [0.1, 0.15) is 11.6 Å². The number of rotatable bonds is 5. The van der Waals surface area contributed by atoms with Crippen LogP contribution in [0.5, 0.6) is 0 Å². The molecule has 0 atom stereocenters. The van der Waals surface area contributed by atoms with Crippen LogP contribution in [-0.2, 0) is 12.0 Å². The van der Waals surface area contributed by atoms with Crippen molar-refractivity contribution in [3.63, 3.8) is 0 Å². The molecule has 29 heavy (non-hydrogen) atoms. The Kier molecular flexibility index (Phi) is 6.13. The molecule has 0 saturated carbocycles. The largest absolute Gasteiger partial charge is 0.867 e. The maximum atomic E-state index is 13.3. The van der Waals surface area contributed by atoms with Crippen molar-refractivity contribution in [3.8, 4) is 0 Å². The first kappa shape index (κ1) is 20.7. The van der Waals surface area contributed by atoms with Crippen molar-refractivity contribution in [3.05, 3.63) is 89.9 Å². The second kappa shape index (κ2) is 8.57. The Morgan fingerprint density at radius 3 is 2.31 bits per heavy atom. The molecule has 0 unspecified atom stereocenters. The quantitative estimate of drug-likeness (QED) is 0.301. The van der Waals surface area contributed by atoms with Gasteiger partial charge in [0.05, 0.1) is 12.8 Å². The van der Waals surface area contributed by atoms with E-state index >= 15 is 0 Å². The molecule has 3 aromatic rings. The van der Waals surface area contributed by atoms with E-state index < -0.39 is 5.82 Å². The third-order valence-corrected chi connectivity index (χ3v) is 4.83. The topological polar surface area (TPSA) is 52.1 Å². The van der Waals surface area contributed by atoms with Gasteiger partial charge >= 0.3 is 0 Å². The molecule has 2 heterocycles. The van der Waals surface area contributed by atoms with E-state index in [-0.39, 0.29) is 16.2 Å². The fraction of sp³-hybridized carbons (Fsp3) is 0.217. The normalized spacial score (nSPS) is 12.4. The fourth-order valence-corrected chi connectivity index (χ4v) is 3.09. The van der Waals surface area contributed by atoms with E-state index in [9.17, 15) is 9.50 Å². The Morgan fingerprint density at radius 2 is 1.76 bits per heavy atom. The summed E-state index contributed by atoms with van der Waals surface area (Å²) in [5.74, 6) is 0.00766. The average Bonchev–Trinajstić information content (AvgIpc) is 3.20. The van der Waals surface area contributed by atoms with E-state index in [1.54, 1.807) is 16.9 Å². The molecule has 0 aliphatic carbocycles. The van der Waals surface area contributed by atoms with Crippen LogP contribution in [0.25, 0.3) is 11.5 Å². The van der Waals surface area contributed by atoms with Crippen molar-refractivity contribution in [1.82, 2.24) is 5.32 Å². The number of nitrogens with zero attached hydrogens (tertiary/aromatic N) is 1. The molecule has 6 heteroatoms. The number of pyridine rings is 1. The van der Waals surface area contributed by atoms with Crippen LogP contribution < -0.4 is 15.0 Å². The molecule has 1 aromatic carbocycles. The molecule has 0 fully saturated rings. The second-order valence-electron chi connectivity index (χ2n) is 7.69. The zero-order valence-electron chi connectivity index (χ0n) is 16.6. The number of hydrogen-bond donors (Lipinski definition) is 1. The average molecular weight is 411 g/mol. The van der Waals surface area contributed by atoms with Crippen molar-refractivity contribution < 1.29 is 18.5 Å². The lowest BCUT2D eigenvalue weighted by molar-refractivity contribution is -0.578. The number of halogens is 1. The monoisotopic (exact) mass is 410 g/mol. The molecular weight excluding hydrogens is 387 g/mol. The maximum Gasteiger partial charge on any atom is 0.237 e. The summed E-state index contributed by atoms with van der Waals surface area (Å²) in [7, 11) is 0. The van der Waals surface area contributed by atoms with Gasteiger partial charge in [0.15, 0.2) is 17.4 Å². The first-order valence-corrected chi connectivity index (χ1v) is 9.66. The summed E-state index contributed by atoms with van der Waals surface area (Å²) in [6.45, 7) is 6.72. The summed E-state index contributed by atoms with van der Waals surface area (Å²) < 4.78 is 20.3. The lowest BCUT2D eigenvalue weighted by Gasteiger charge is -2.19. The summed E-state index contributed by atoms with van der Waals surface area (Å²) >= 11 is 5.53. The van der Waals surface area contributed by atoms with E-state index in [0.29, 0.717) is 23.6 Å². The van der Waals surface area contributed by atoms with E-state index in [1.165, 1.54) is 24.3 Å². The van der Waals surface area contributed by atoms with Crippen molar-refractivity contribution in [2.24, 2.45) is 0 Å². The number of thiocarbonyl (C=S) groups is 1. The maximum absolute atomic E-state index is 13.3. The van der Waals surface area contributed by atoms with Gasteiger partial charge in [-0.3, -0.25) is 0 Å². The van der Waals surface area contributed by atoms with Gasteiger partial charge < -0.3 is 14.8 Å². The zero-order valence-corrected chi connectivity index (χ0v) is 17.4. The minimum atomic E-state index is -0.399. The minimum absolute atomic E-state index is 0.0156. The molecule has 150 valence electrons. The summed E-state index contributed by atoms with van der Waals surface area (Å²) in [5, 5.41) is 16.3. The molecule has 0 aliphatic rings. The highest BCUT2D eigenvalue weighted by molar-refractivity contribution is 7.81. The van der Waals surface area contributed by atoms with E-state index in [0.717, 1.165) is 5.56 Å². The highest BCUT2D eigenvalue weighted by Crippen LogP contribution is 2.21. The smallest absolute Gasteiger partial charge is 0.237 e. The Labute approximate surface area is 175 Å². The van der Waals surface area contributed by atoms with Gasteiger partial charge in [-0.2, -0.15) is 4.57 Å². The van der Waals surface area contributed by atoms with Crippen LogP contribution in [0.1, 0.15) is 37.7 Å². The van der Waals surface area contributed by atoms with Crippen molar-refractivity contribution in [2.75, 3.05) is 0 Å². The third-order valence-electron chi connectivity index (χ3n) is 4.49. The second-order valence-corrected chi connectivity index (χ2v) is 8.10. The van der Waals surface area contributed by atoms with Crippen LogP contribution in [0, 0.1) is 5.82 Å². The lowest BCUT2D eigenvalue weighted by atomic mass is 9.88. The van der Waals surface area contributed by atoms with Crippen LogP contribution in [0.15, 0.2) is 71.6 Å². The van der Waals surface area contributed by atoms with Gasteiger partial charge in [-0.05, 0) is 46.6 Å². The molecule has 2 aromatic heterocycles. The van der Waals surface area contributed by atoms with Gasteiger partial charge in [-0.1, -0.05) is 45.1 Å². The summed E-state index contributed by atoms with van der Waals surface area (Å²) in [6, 6.07) is 13.0. The molecule has 1 N–H and O–H groups in total. The lowest BCUT2D eigenvalue weighted by Crippen LogP contribution is -2.42. The molecule has 0 aliphatic heterocycles. The van der Waals surface area contributed by atoms with Crippen molar-refractivity contribution in [2.45, 2.75) is 32.7 Å². The molecule has 4 nitrogen and oxygen atoms in total. The third kappa shape index (κ3) is 5.09. The van der Waals surface area contributed by atoms with Gasteiger partial charge in [0.2, 0.25) is 5.70 Å². The molecule has 0 bridgehead atoms. The Balaban J connectivity index is 1.99. The number of benzene rings is 1. The highest BCUT2D eigenvalue weighted by atomic mass is 32.1. The van der Waals surface area contributed by atoms with Crippen LogP contribution in [-0.4, -0.2) is 4.99 Å². The van der Waals surface area contributed by atoms with Crippen LogP contribution >= 0.6 is 12.2 Å². The Bertz CT molecular complexity index is 1000. The predicted octanol–water partition coefficient (Wildman–Crippen LogP) is 3.81. The van der Waals surface area contributed by atoms with Crippen molar-refractivity contribution >= 4 is 28.7 Å². The van der Waals surface area contributed by atoms with Crippen LogP contribution in [0.3, 0.4) is 0 Å². The van der Waals surface area contributed by atoms with Gasteiger partial charge in [-0.15, -0.1) is 0 Å². The van der Waals surface area contributed by atoms with Crippen LogP contribution in [0.2, 0.25) is 0 Å². The fourth-order valence-electron chi connectivity index (χ4n) is 2.82. The van der Waals surface area contributed by atoms with E-state index in [2.05, 4.69) is 26.1 Å². The highest BCUT2D eigenvalue weighted by Gasteiger charge is 2.21. The summed E-state index contributed by atoms with van der Waals surface area (Å²) in [4.78, 5) is 0.282. The molecule has 0 radical (unpaired) electrons. The van der Waals surface area contributed by atoms with Crippen molar-refractivity contribution in [1.29, 1.82) is 0 Å². The predicted molar refractivity (Wildman–Crippen MR) is 113 cm³/mol. The standard InChI is InChI=1S/C23H23FN2O2S/c1-23(2,3)17-10-12-26(13-11-17)20(21(27)16-6-8-18(24)9-7-16)22(29)25-15-19-5-4-14-28-19/h4-14H,15H2,1-3H3,(H-,25,27,29). The van der Waals surface area contributed by atoms with Gasteiger partial charge in [-0.25, -0.2) is 4.39 Å². The molecule has 0 saturated heterocycles. The summed E-state index contributed by atoms with van der Waals surface area (Å²) in [5.41, 5.74) is 1.77. The number of furan rings is 1. The van der Waals surface area contributed by atoms with Gasteiger partial charge in [0.25, 0.3) is 0 Å². The SMILES string of the molecule is CC(C)(C)c1cc[n+](/C(C(=S)NCc2ccco2)=C(/[O-])c2ccc(F)cc2)cc1. The zero-order chi connectivity index (χ0) is 21.0. The van der Waals surface area contributed by atoms with E-state index in [4.69, 9.17) is 16.6 Å². The number of aromatic nitrogens is 1. The van der Waals surface area contributed by atoms with Gasteiger partial charge in [0, 0.05) is 12.1 Å².